The standard InChI is InChI=1S/C22H32O10/c1-9-11(6-13-10(2)19(29-5)20(28)30-13)22(3,4)7-12(24)18(9)32-21-17(27)16(26)15(25)14(8-23)31-21/h6,12,14-18,21,23-27H,7-8H2,1-5H3/b13-6+/t12-,14+,15+,16-,17+,18+,21?/m0/s1. The smallest absolute Gasteiger partial charge is 0.379 e. The fourth-order valence-electron chi connectivity index (χ4n) is 4.53. The highest BCUT2D eigenvalue weighted by Crippen LogP contribution is 2.44. The first-order chi connectivity index (χ1) is 14.9. The second-order valence-corrected chi connectivity index (χ2v) is 9.06. The second-order valence-electron chi connectivity index (χ2n) is 9.06. The van der Waals surface area contributed by atoms with Gasteiger partial charge in [-0.1, -0.05) is 13.8 Å². The van der Waals surface area contributed by atoms with E-state index in [0.29, 0.717) is 23.3 Å². The third kappa shape index (κ3) is 4.36. The molecule has 1 saturated heterocycles. The fraction of sp³-hybridized carbons (Fsp3) is 0.682. The lowest BCUT2D eigenvalue weighted by molar-refractivity contribution is -0.314. The Morgan fingerprint density at radius 1 is 1.12 bits per heavy atom. The quantitative estimate of drug-likeness (QED) is 0.346. The van der Waals surface area contributed by atoms with Crippen LogP contribution in [0.4, 0.5) is 0 Å². The normalized spacial score (nSPS) is 39.0. The average molecular weight is 456 g/mol. The summed E-state index contributed by atoms with van der Waals surface area (Å²) in [6.07, 6.45) is -7.08. The van der Waals surface area contributed by atoms with Crippen molar-refractivity contribution in [1.29, 1.82) is 0 Å². The van der Waals surface area contributed by atoms with E-state index < -0.39 is 60.9 Å². The summed E-state index contributed by atoms with van der Waals surface area (Å²) in [6, 6.07) is 0. The van der Waals surface area contributed by atoms with Crippen molar-refractivity contribution in [2.24, 2.45) is 5.41 Å². The zero-order valence-corrected chi connectivity index (χ0v) is 18.8. The van der Waals surface area contributed by atoms with Crippen LogP contribution in [0.25, 0.3) is 0 Å². The maximum absolute atomic E-state index is 12.0. The molecule has 2 heterocycles. The molecule has 0 aromatic heterocycles. The van der Waals surface area contributed by atoms with E-state index in [1.807, 2.05) is 13.8 Å². The van der Waals surface area contributed by atoms with Crippen LogP contribution < -0.4 is 0 Å². The molecule has 32 heavy (non-hydrogen) atoms. The molecule has 2 aliphatic heterocycles. The van der Waals surface area contributed by atoms with Crippen LogP contribution in [0.5, 0.6) is 0 Å². The lowest BCUT2D eigenvalue weighted by Gasteiger charge is -2.45. The summed E-state index contributed by atoms with van der Waals surface area (Å²) < 4.78 is 21.7. The molecule has 3 aliphatic rings. The van der Waals surface area contributed by atoms with E-state index in [-0.39, 0.29) is 5.76 Å². The number of allylic oxidation sites excluding steroid dienone is 3. The molecule has 7 atom stereocenters. The molecular weight excluding hydrogens is 424 g/mol. The Hall–Kier alpha value is -1.79. The van der Waals surface area contributed by atoms with Crippen LogP contribution >= 0.6 is 0 Å². The highest BCUT2D eigenvalue weighted by atomic mass is 16.7. The van der Waals surface area contributed by atoms with Crippen LogP contribution in [0.15, 0.2) is 34.3 Å². The maximum Gasteiger partial charge on any atom is 0.379 e. The second kappa shape index (κ2) is 9.22. The summed E-state index contributed by atoms with van der Waals surface area (Å²) >= 11 is 0. The van der Waals surface area contributed by atoms with Gasteiger partial charge in [0.15, 0.2) is 6.29 Å². The molecule has 10 nitrogen and oxygen atoms in total. The Kier molecular flexibility index (Phi) is 7.16. The third-order valence-corrected chi connectivity index (χ3v) is 6.36. The lowest BCUT2D eigenvalue weighted by atomic mass is 9.70. The topological polar surface area (TPSA) is 155 Å². The number of aliphatic hydroxyl groups is 5. The minimum atomic E-state index is -1.59. The molecule has 0 amide bonds. The Morgan fingerprint density at radius 2 is 1.78 bits per heavy atom. The minimum absolute atomic E-state index is 0.122. The number of hydrogen-bond donors (Lipinski definition) is 5. The maximum atomic E-state index is 12.0. The van der Waals surface area contributed by atoms with Gasteiger partial charge in [0.2, 0.25) is 5.76 Å². The van der Waals surface area contributed by atoms with Gasteiger partial charge in [-0.25, -0.2) is 4.79 Å². The van der Waals surface area contributed by atoms with E-state index in [4.69, 9.17) is 18.9 Å². The van der Waals surface area contributed by atoms with Gasteiger partial charge in [0.25, 0.3) is 0 Å². The van der Waals surface area contributed by atoms with Gasteiger partial charge in [0, 0.05) is 5.57 Å². The number of esters is 1. The summed E-state index contributed by atoms with van der Waals surface area (Å²) in [5.41, 5.74) is 1.42. The van der Waals surface area contributed by atoms with Crippen LogP contribution in [0.1, 0.15) is 34.1 Å². The van der Waals surface area contributed by atoms with Crippen molar-refractivity contribution < 1.29 is 49.3 Å². The number of rotatable bonds is 5. The Morgan fingerprint density at radius 3 is 2.34 bits per heavy atom. The van der Waals surface area contributed by atoms with Crippen molar-refractivity contribution in [3.63, 3.8) is 0 Å². The van der Waals surface area contributed by atoms with E-state index in [2.05, 4.69) is 0 Å². The molecule has 0 saturated carbocycles. The van der Waals surface area contributed by atoms with Gasteiger partial charge in [0.05, 0.1) is 19.8 Å². The molecular formula is C22H32O10. The molecule has 1 fully saturated rings. The highest BCUT2D eigenvalue weighted by molar-refractivity contribution is 5.92. The van der Waals surface area contributed by atoms with Crippen LogP contribution in [-0.2, 0) is 23.7 Å². The van der Waals surface area contributed by atoms with Crippen molar-refractivity contribution >= 4 is 5.97 Å². The molecule has 1 aliphatic carbocycles. The van der Waals surface area contributed by atoms with Crippen molar-refractivity contribution in [3.05, 3.63) is 34.3 Å². The van der Waals surface area contributed by atoms with Gasteiger partial charge in [0.1, 0.15) is 36.3 Å². The summed E-state index contributed by atoms with van der Waals surface area (Å²) in [6.45, 7) is 6.73. The molecule has 5 N–H and O–H groups in total. The van der Waals surface area contributed by atoms with E-state index in [1.54, 1.807) is 19.9 Å². The molecule has 0 spiro atoms. The average Bonchev–Trinajstić information content (AvgIpc) is 3.00. The summed E-state index contributed by atoms with van der Waals surface area (Å²) in [5, 5.41) is 50.5. The number of ether oxygens (including phenoxy) is 4. The van der Waals surface area contributed by atoms with Crippen LogP contribution in [-0.4, -0.2) is 88.1 Å². The van der Waals surface area contributed by atoms with Gasteiger partial charge in [-0.05, 0) is 42.9 Å². The van der Waals surface area contributed by atoms with Crippen molar-refractivity contribution in [2.45, 2.75) is 77.0 Å². The molecule has 0 radical (unpaired) electrons. The molecule has 3 rings (SSSR count). The minimum Gasteiger partial charge on any atom is -0.490 e. The Balaban J connectivity index is 1.95. The number of hydrogen-bond acceptors (Lipinski definition) is 10. The third-order valence-electron chi connectivity index (χ3n) is 6.36. The SMILES string of the molecule is COC1=C(C)/C(=C\C2=C(C)[C@@H](OC3O[C@H](CO)[C@@H](O)[C@H](O)[C@H]3O)[C@@H](O)CC2(C)C)OC1=O. The first-order valence-electron chi connectivity index (χ1n) is 10.5. The largest absolute Gasteiger partial charge is 0.490 e. The molecule has 1 unspecified atom stereocenters. The van der Waals surface area contributed by atoms with Gasteiger partial charge < -0.3 is 44.5 Å². The van der Waals surface area contributed by atoms with Crippen molar-refractivity contribution in [2.75, 3.05) is 13.7 Å². The monoisotopic (exact) mass is 456 g/mol. The summed E-state index contributed by atoms with van der Waals surface area (Å²) in [5.74, 6) is -0.133. The lowest BCUT2D eigenvalue weighted by Crippen LogP contribution is -2.60. The Bertz CT molecular complexity index is 840. The molecule has 0 bridgehead atoms. The fourth-order valence-corrected chi connectivity index (χ4v) is 4.53. The predicted molar refractivity (Wildman–Crippen MR) is 110 cm³/mol. The zero-order chi connectivity index (χ0) is 24.0. The number of cyclic esters (lactones) is 1. The Labute approximate surface area is 186 Å². The van der Waals surface area contributed by atoms with Crippen LogP contribution in [0.3, 0.4) is 0 Å². The molecule has 0 aromatic rings. The number of carbonyl (C=O) groups is 1. The first kappa shape index (κ1) is 24.8. The van der Waals surface area contributed by atoms with Gasteiger partial charge in [-0.2, -0.15) is 0 Å². The van der Waals surface area contributed by atoms with E-state index in [9.17, 15) is 30.3 Å². The number of carbonyl (C=O) groups excluding carboxylic acids is 1. The van der Waals surface area contributed by atoms with E-state index >= 15 is 0 Å². The predicted octanol–water partition coefficient (Wildman–Crippen LogP) is -0.360. The number of aliphatic hydroxyl groups excluding tert-OH is 5. The van der Waals surface area contributed by atoms with Crippen molar-refractivity contribution in [1.82, 2.24) is 0 Å². The molecule has 180 valence electrons. The zero-order valence-electron chi connectivity index (χ0n) is 18.8. The van der Waals surface area contributed by atoms with E-state index in [0.717, 1.165) is 5.57 Å². The van der Waals surface area contributed by atoms with Crippen LogP contribution in [0.2, 0.25) is 0 Å². The van der Waals surface area contributed by atoms with Gasteiger partial charge in [-0.15, -0.1) is 0 Å². The number of methoxy groups -OCH3 is 1. The van der Waals surface area contributed by atoms with E-state index in [1.165, 1.54) is 7.11 Å². The summed E-state index contributed by atoms with van der Waals surface area (Å²) in [4.78, 5) is 12.0. The molecule has 10 heteroatoms. The van der Waals surface area contributed by atoms with Gasteiger partial charge in [-0.3, -0.25) is 0 Å². The van der Waals surface area contributed by atoms with Gasteiger partial charge >= 0.3 is 5.97 Å². The first-order valence-corrected chi connectivity index (χ1v) is 10.5. The van der Waals surface area contributed by atoms with Crippen molar-refractivity contribution in [3.8, 4) is 0 Å². The highest BCUT2D eigenvalue weighted by Gasteiger charge is 2.47. The van der Waals surface area contributed by atoms with Crippen LogP contribution in [0, 0.1) is 5.41 Å². The molecule has 0 aromatic carbocycles. The summed E-state index contributed by atoms with van der Waals surface area (Å²) in [7, 11) is 1.39.